The molecule has 0 atom stereocenters. The zero-order chi connectivity index (χ0) is 39.2. The lowest BCUT2D eigenvalue weighted by Crippen LogP contribution is -2.45. The molecule has 3 heterocycles. The molecule has 0 saturated carbocycles. The van der Waals surface area contributed by atoms with E-state index in [1.165, 1.54) is 72.1 Å². The molecule has 278 valence electrons. The summed E-state index contributed by atoms with van der Waals surface area (Å²) in [4.78, 5) is 2.56. The van der Waals surface area contributed by atoms with E-state index >= 15 is 0 Å². The Labute approximate surface area is 344 Å². The number of hydrogen-bond acceptors (Lipinski definition) is 3. The van der Waals surface area contributed by atoms with E-state index in [1.54, 1.807) is 0 Å². The van der Waals surface area contributed by atoms with Crippen molar-refractivity contribution in [3.05, 3.63) is 199 Å². The van der Waals surface area contributed by atoms with Gasteiger partial charge in [-0.05, 0) is 97.6 Å². The lowest BCUT2D eigenvalue weighted by molar-refractivity contribution is 0.633. The topological polar surface area (TPSA) is 28.4 Å². The molecule has 0 bridgehead atoms. The molecule has 0 amide bonds. The zero-order valence-corrected chi connectivity index (χ0v) is 33.0. The third kappa shape index (κ3) is 5.23. The summed E-state index contributed by atoms with van der Waals surface area (Å²) >= 11 is 0. The van der Waals surface area contributed by atoms with Crippen LogP contribution in [0.1, 0.15) is 25.0 Å². The van der Waals surface area contributed by atoms with Crippen LogP contribution in [-0.4, -0.2) is 7.28 Å². The van der Waals surface area contributed by atoms with Gasteiger partial charge in [-0.1, -0.05) is 159 Å². The second-order valence-electron chi connectivity index (χ2n) is 16.6. The molecule has 59 heavy (non-hydrogen) atoms. The normalized spacial score (nSPS) is 13.5. The minimum Gasteiger partial charge on any atom is -0.456 e. The van der Waals surface area contributed by atoms with Crippen molar-refractivity contribution in [1.29, 1.82) is 0 Å². The van der Waals surface area contributed by atoms with E-state index in [-0.39, 0.29) is 5.41 Å². The van der Waals surface area contributed by atoms with Crippen LogP contribution in [0.4, 0.5) is 28.4 Å². The first-order chi connectivity index (χ1) is 29.0. The maximum absolute atomic E-state index is 6.90. The van der Waals surface area contributed by atoms with Crippen molar-refractivity contribution >= 4 is 79.4 Å². The first kappa shape index (κ1) is 33.8. The van der Waals surface area contributed by atoms with E-state index in [0.717, 1.165) is 51.7 Å². The van der Waals surface area contributed by atoms with Crippen LogP contribution < -0.4 is 21.1 Å². The predicted molar refractivity (Wildman–Crippen MR) is 250 cm³/mol. The van der Waals surface area contributed by atoms with Crippen LogP contribution in [-0.2, 0) is 5.41 Å². The zero-order valence-electron chi connectivity index (χ0n) is 33.0. The highest BCUT2D eigenvalue weighted by Crippen LogP contribution is 2.54. The molecule has 2 aliphatic rings. The first-order valence-electron chi connectivity index (χ1n) is 20.5. The van der Waals surface area contributed by atoms with Gasteiger partial charge in [0.2, 0.25) is 0 Å². The predicted octanol–water partition coefficient (Wildman–Crippen LogP) is 13.3. The van der Waals surface area contributed by atoms with E-state index < -0.39 is 0 Å². The summed E-state index contributed by atoms with van der Waals surface area (Å²) in [5, 5.41) is 8.69. The van der Waals surface area contributed by atoms with Crippen molar-refractivity contribution in [3.63, 3.8) is 0 Å². The molecule has 0 radical (unpaired) electrons. The van der Waals surface area contributed by atoms with Gasteiger partial charge in [-0.15, -0.1) is 0 Å². The summed E-state index contributed by atoms with van der Waals surface area (Å²) in [7, 11) is 0.789. The van der Waals surface area contributed by atoms with Crippen LogP contribution in [0.2, 0.25) is 0 Å². The van der Waals surface area contributed by atoms with Crippen molar-refractivity contribution in [1.82, 2.24) is 0 Å². The average molecular weight is 755 g/mol. The largest absolute Gasteiger partial charge is 0.456 e. The van der Waals surface area contributed by atoms with Gasteiger partial charge >= 0.3 is 0 Å². The molecule has 0 unspecified atom stereocenters. The molecule has 0 spiro atoms. The highest BCUT2D eigenvalue weighted by atomic mass is 16.3. The SMILES string of the molecule is CC1(C)c2cc3ccccc3cc2N2c3cc4oc5ccccc5c4c(-c4cc(-c5ccccc5)ccc4Nc4cccc(-c5ccccc5)c4)c3Bc3cccc1c32. The van der Waals surface area contributed by atoms with Crippen molar-refractivity contribution < 1.29 is 4.42 Å². The van der Waals surface area contributed by atoms with Crippen LogP contribution in [0, 0.1) is 0 Å². The Morgan fingerprint density at radius 3 is 2.00 bits per heavy atom. The summed E-state index contributed by atoms with van der Waals surface area (Å²) in [6, 6.07) is 68.4. The Morgan fingerprint density at radius 1 is 0.525 bits per heavy atom. The van der Waals surface area contributed by atoms with Crippen molar-refractivity contribution in [2.75, 3.05) is 10.2 Å². The fraction of sp³-hybridized carbons (Fsp3) is 0.0545. The Kier molecular flexibility index (Phi) is 7.37. The van der Waals surface area contributed by atoms with E-state index in [4.69, 9.17) is 4.42 Å². The molecule has 0 saturated heterocycles. The first-order valence-corrected chi connectivity index (χ1v) is 20.5. The molecular formula is C55H39BN2O. The number of furan rings is 1. The van der Waals surface area contributed by atoms with E-state index in [9.17, 15) is 0 Å². The van der Waals surface area contributed by atoms with Crippen LogP contribution in [0.5, 0.6) is 0 Å². The summed E-state index contributed by atoms with van der Waals surface area (Å²) < 4.78 is 6.90. The Morgan fingerprint density at radius 2 is 1.20 bits per heavy atom. The molecule has 3 nitrogen and oxygen atoms in total. The summed E-state index contributed by atoms with van der Waals surface area (Å²) in [5.74, 6) is 0. The monoisotopic (exact) mass is 754 g/mol. The summed E-state index contributed by atoms with van der Waals surface area (Å²) in [6.07, 6.45) is 0. The fourth-order valence-corrected chi connectivity index (χ4v) is 9.95. The van der Waals surface area contributed by atoms with Gasteiger partial charge in [-0.3, -0.25) is 0 Å². The number of fused-ring (bicyclic) bond motifs is 8. The number of hydrogen-bond donors (Lipinski definition) is 1. The number of anilines is 5. The quantitative estimate of drug-likeness (QED) is 0.177. The van der Waals surface area contributed by atoms with Crippen LogP contribution >= 0.6 is 0 Å². The van der Waals surface area contributed by atoms with E-state index in [2.05, 4.69) is 212 Å². The van der Waals surface area contributed by atoms with Crippen LogP contribution in [0.15, 0.2) is 192 Å². The van der Waals surface area contributed by atoms with Crippen LogP contribution in [0.3, 0.4) is 0 Å². The number of nitrogens with one attached hydrogen (secondary N) is 1. The smallest absolute Gasteiger partial charge is 0.198 e. The molecule has 12 rings (SSSR count). The minimum absolute atomic E-state index is 0.194. The fourth-order valence-electron chi connectivity index (χ4n) is 9.95. The van der Waals surface area contributed by atoms with Gasteiger partial charge in [-0.2, -0.15) is 0 Å². The number of benzene rings is 9. The third-order valence-electron chi connectivity index (χ3n) is 12.8. The number of nitrogens with zero attached hydrogens (tertiary/aromatic N) is 1. The minimum atomic E-state index is -0.194. The molecule has 9 aromatic carbocycles. The maximum Gasteiger partial charge on any atom is 0.198 e. The third-order valence-corrected chi connectivity index (χ3v) is 12.8. The molecule has 1 N–H and O–H groups in total. The Balaban J connectivity index is 1.16. The Bertz CT molecular complexity index is 3310. The van der Waals surface area contributed by atoms with Gasteiger partial charge in [0.05, 0.1) is 5.69 Å². The molecule has 10 aromatic rings. The summed E-state index contributed by atoms with van der Waals surface area (Å²) in [5.41, 5.74) is 19.7. The van der Waals surface area contributed by atoms with Gasteiger partial charge < -0.3 is 14.6 Å². The highest BCUT2D eigenvalue weighted by Gasteiger charge is 2.42. The number of para-hydroxylation sites is 2. The molecule has 2 aliphatic heterocycles. The second kappa shape index (κ2) is 12.9. The van der Waals surface area contributed by atoms with Crippen molar-refractivity contribution in [2.24, 2.45) is 0 Å². The standard InChI is InChI=1S/C55H39BN2O/c1-55(2)43-24-14-25-45-54(43)58(47-32-38-20-10-9-19-37(38)31-44(47)55)48-33-50-51(41-23-11-12-26-49(41)59-50)52(53(48)56-45)42-30-39(35-17-7-4-8-18-35)27-28-46(42)57-40-22-13-21-36(29-40)34-15-5-3-6-16-34/h3-33,56-57H,1-2H3. The van der Waals surface area contributed by atoms with Gasteiger partial charge in [0.1, 0.15) is 11.2 Å². The number of rotatable bonds is 5. The van der Waals surface area contributed by atoms with Crippen molar-refractivity contribution in [2.45, 2.75) is 19.3 Å². The Hall–Kier alpha value is -7.30. The molecule has 4 heteroatoms. The van der Waals surface area contributed by atoms with Gasteiger partial charge in [-0.25, -0.2) is 0 Å². The second-order valence-corrected chi connectivity index (χ2v) is 16.6. The van der Waals surface area contributed by atoms with Gasteiger partial charge in [0.15, 0.2) is 7.28 Å². The average Bonchev–Trinajstić information content (AvgIpc) is 3.65. The molecule has 1 aromatic heterocycles. The van der Waals surface area contributed by atoms with E-state index in [0.29, 0.717) is 0 Å². The summed E-state index contributed by atoms with van der Waals surface area (Å²) in [6.45, 7) is 4.77. The molecule has 0 aliphatic carbocycles. The molecular weight excluding hydrogens is 715 g/mol. The lowest BCUT2D eigenvalue weighted by Gasteiger charge is -2.46. The van der Waals surface area contributed by atoms with Crippen LogP contribution in [0.25, 0.3) is 66.1 Å². The lowest BCUT2D eigenvalue weighted by atomic mass is 9.55. The van der Waals surface area contributed by atoms with Gasteiger partial charge in [0.25, 0.3) is 0 Å². The maximum atomic E-state index is 6.90. The highest BCUT2D eigenvalue weighted by molar-refractivity contribution is 6.74. The molecule has 0 fully saturated rings. The van der Waals surface area contributed by atoms with Gasteiger partial charge in [0, 0.05) is 50.6 Å². The van der Waals surface area contributed by atoms with E-state index in [1.807, 2.05) is 0 Å². The van der Waals surface area contributed by atoms with Crippen molar-refractivity contribution in [3.8, 4) is 33.4 Å².